The number of halogens is 1. The number of nitrogens with one attached hydrogen (secondary N) is 1. The maximum atomic E-state index is 4.37. The molecule has 17 heavy (non-hydrogen) atoms. The van der Waals surface area contributed by atoms with Crippen molar-refractivity contribution in [1.29, 1.82) is 0 Å². The van der Waals surface area contributed by atoms with Crippen LogP contribution in [-0.2, 0) is 0 Å². The van der Waals surface area contributed by atoms with Crippen molar-refractivity contribution in [3.63, 3.8) is 0 Å². The molecule has 1 aromatic heterocycles. The highest BCUT2D eigenvalue weighted by Crippen LogP contribution is 2.24. The van der Waals surface area contributed by atoms with Crippen molar-refractivity contribution in [2.24, 2.45) is 0 Å². The molecule has 1 atom stereocenters. The van der Waals surface area contributed by atoms with E-state index in [4.69, 9.17) is 0 Å². The van der Waals surface area contributed by atoms with Crippen molar-refractivity contribution in [3.8, 4) is 0 Å². The van der Waals surface area contributed by atoms with Crippen molar-refractivity contribution in [2.75, 3.05) is 25.5 Å². The number of anilines is 1. The highest BCUT2D eigenvalue weighted by Gasteiger charge is 2.18. The van der Waals surface area contributed by atoms with E-state index in [1.165, 1.54) is 31.4 Å². The fourth-order valence-electron chi connectivity index (χ4n) is 2.28. The molecule has 1 aliphatic heterocycles. The molecule has 0 saturated carbocycles. The SMILES string of the molecule is Cc1ccnc(NCC2CCCCN2C)c1Br. The van der Waals surface area contributed by atoms with Gasteiger partial charge >= 0.3 is 0 Å². The fourth-order valence-corrected chi connectivity index (χ4v) is 2.65. The molecule has 1 aromatic rings. The zero-order chi connectivity index (χ0) is 12.3. The first kappa shape index (κ1) is 12.8. The number of hydrogen-bond acceptors (Lipinski definition) is 3. The van der Waals surface area contributed by atoms with Gasteiger partial charge < -0.3 is 10.2 Å². The topological polar surface area (TPSA) is 28.2 Å². The maximum Gasteiger partial charge on any atom is 0.140 e. The fraction of sp³-hybridized carbons (Fsp3) is 0.615. The standard InChI is InChI=1S/C13H20BrN3/c1-10-6-7-15-13(12(10)14)16-9-11-5-3-4-8-17(11)2/h6-7,11H,3-5,8-9H2,1-2H3,(H,15,16). The summed E-state index contributed by atoms with van der Waals surface area (Å²) in [6, 6.07) is 2.65. The van der Waals surface area contributed by atoms with Crippen molar-refractivity contribution >= 4 is 21.7 Å². The molecule has 0 radical (unpaired) electrons. The molecular formula is C13H20BrN3. The molecule has 2 heterocycles. The number of likely N-dealkylation sites (tertiary alicyclic amines) is 1. The lowest BCUT2D eigenvalue weighted by atomic mass is 10.0. The molecule has 2 rings (SSSR count). The molecule has 0 bridgehead atoms. The lowest BCUT2D eigenvalue weighted by molar-refractivity contribution is 0.194. The Morgan fingerprint density at radius 3 is 3.12 bits per heavy atom. The Morgan fingerprint density at radius 1 is 1.53 bits per heavy atom. The van der Waals surface area contributed by atoms with Crippen molar-refractivity contribution in [1.82, 2.24) is 9.88 Å². The number of likely N-dealkylation sites (N-methyl/N-ethyl adjacent to an activating group) is 1. The summed E-state index contributed by atoms with van der Waals surface area (Å²) in [7, 11) is 2.21. The minimum atomic E-state index is 0.637. The summed E-state index contributed by atoms with van der Waals surface area (Å²) < 4.78 is 1.08. The Labute approximate surface area is 112 Å². The molecule has 0 aromatic carbocycles. The van der Waals surface area contributed by atoms with Crippen LogP contribution in [0.2, 0.25) is 0 Å². The van der Waals surface area contributed by atoms with Gasteiger partial charge in [0, 0.05) is 18.8 Å². The molecule has 3 nitrogen and oxygen atoms in total. The van der Waals surface area contributed by atoms with Crippen LogP contribution in [0.4, 0.5) is 5.82 Å². The van der Waals surface area contributed by atoms with Gasteiger partial charge in [0.05, 0.1) is 4.47 Å². The Balaban J connectivity index is 1.95. The van der Waals surface area contributed by atoms with Gasteiger partial charge in [0.15, 0.2) is 0 Å². The van der Waals surface area contributed by atoms with Crippen LogP contribution in [-0.4, -0.2) is 36.1 Å². The van der Waals surface area contributed by atoms with Gasteiger partial charge in [-0.1, -0.05) is 6.42 Å². The molecule has 1 unspecified atom stereocenters. The van der Waals surface area contributed by atoms with Gasteiger partial charge in [-0.3, -0.25) is 0 Å². The lowest BCUT2D eigenvalue weighted by Crippen LogP contribution is -2.40. The Morgan fingerprint density at radius 2 is 2.35 bits per heavy atom. The summed E-state index contributed by atoms with van der Waals surface area (Å²) in [5.74, 6) is 0.962. The molecule has 1 saturated heterocycles. The summed E-state index contributed by atoms with van der Waals surface area (Å²) in [5, 5.41) is 3.45. The summed E-state index contributed by atoms with van der Waals surface area (Å²) in [5.41, 5.74) is 1.22. The number of nitrogens with zero attached hydrogens (tertiary/aromatic N) is 2. The van der Waals surface area contributed by atoms with E-state index in [0.717, 1.165) is 16.8 Å². The van der Waals surface area contributed by atoms with Crippen LogP contribution in [0.3, 0.4) is 0 Å². The van der Waals surface area contributed by atoms with E-state index in [1.807, 2.05) is 12.3 Å². The summed E-state index contributed by atoms with van der Waals surface area (Å²) >= 11 is 3.58. The number of pyridine rings is 1. The summed E-state index contributed by atoms with van der Waals surface area (Å²) in [4.78, 5) is 6.82. The Bertz CT molecular complexity index is 381. The van der Waals surface area contributed by atoms with Crippen LogP contribution in [0.5, 0.6) is 0 Å². The van der Waals surface area contributed by atoms with Gasteiger partial charge in [-0.05, 0) is 60.9 Å². The van der Waals surface area contributed by atoms with Crippen molar-refractivity contribution < 1.29 is 0 Å². The van der Waals surface area contributed by atoms with Crippen LogP contribution in [0.15, 0.2) is 16.7 Å². The molecular weight excluding hydrogens is 278 g/mol. The van der Waals surface area contributed by atoms with Crippen LogP contribution >= 0.6 is 15.9 Å². The van der Waals surface area contributed by atoms with Gasteiger partial charge in [0.2, 0.25) is 0 Å². The number of hydrogen-bond donors (Lipinski definition) is 1. The summed E-state index contributed by atoms with van der Waals surface area (Å²) in [6.45, 7) is 4.28. The third-order valence-electron chi connectivity index (χ3n) is 3.51. The van der Waals surface area contributed by atoms with Crippen LogP contribution in [0.1, 0.15) is 24.8 Å². The lowest BCUT2D eigenvalue weighted by Gasteiger charge is -2.32. The summed E-state index contributed by atoms with van der Waals surface area (Å²) in [6.07, 6.45) is 5.82. The Kier molecular flexibility index (Phi) is 4.40. The van der Waals surface area contributed by atoms with Crippen molar-refractivity contribution in [2.45, 2.75) is 32.2 Å². The van der Waals surface area contributed by atoms with Crippen LogP contribution in [0.25, 0.3) is 0 Å². The first-order chi connectivity index (χ1) is 8.18. The monoisotopic (exact) mass is 297 g/mol. The first-order valence-corrected chi connectivity index (χ1v) is 7.03. The van der Waals surface area contributed by atoms with Gasteiger partial charge in [-0.15, -0.1) is 0 Å². The Hall–Kier alpha value is -0.610. The third-order valence-corrected chi connectivity index (χ3v) is 4.51. The minimum Gasteiger partial charge on any atom is -0.368 e. The molecule has 0 spiro atoms. The molecule has 4 heteroatoms. The van der Waals surface area contributed by atoms with E-state index in [-0.39, 0.29) is 0 Å². The normalized spacial score (nSPS) is 21.5. The second-order valence-corrected chi connectivity index (χ2v) is 5.59. The molecule has 0 amide bonds. The zero-order valence-electron chi connectivity index (χ0n) is 10.5. The minimum absolute atomic E-state index is 0.637. The predicted octanol–water partition coefficient (Wildman–Crippen LogP) is 3.05. The smallest absolute Gasteiger partial charge is 0.140 e. The number of aryl methyl sites for hydroxylation is 1. The molecule has 0 aliphatic carbocycles. The molecule has 1 fully saturated rings. The van der Waals surface area contributed by atoms with E-state index in [9.17, 15) is 0 Å². The quantitative estimate of drug-likeness (QED) is 0.929. The van der Waals surface area contributed by atoms with Gasteiger partial charge in [-0.25, -0.2) is 4.98 Å². The zero-order valence-corrected chi connectivity index (χ0v) is 12.1. The predicted molar refractivity (Wildman–Crippen MR) is 75.4 cm³/mol. The van der Waals surface area contributed by atoms with Crippen LogP contribution < -0.4 is 5.32 Å². The highest BCUT2D eigenvalue weighted by atomic mass is 79.9. The van der Waals surface area contributed by atoms with E-state index in [2.05, 4.69) is 45.1 Å². The van der Waals surface area contributed by atoms with Gasteiger partial charge in [0.25, 0.3) is 0 Å². The maximum absolute atomic E-state index is 4.37. The first-order valence-electron chi connectivity index (χ1n) is 6.23. The van der Waals surface area contributed by atoms with E-state index in [0.29, 0.717) is 6.04 Å². The average Bonchev–Trinajstić information content (AvgIpc) is 2.33. The van der Waals surface area contributed by atoms with Crippen LogP contribution in [0, 0.1) is 6.92 Å². The van der Waals surface area contributed by atoms with Crippen molar-refractivity contribution in [3.05, 3.63) is 22.3 Å². The second-order valence-electron chi connectivity index (χ2n) is 4.80. The third kappa shape index (κ3) is 3.19. The van der Waals surface area contributed by atoms with Gasteiger partial charge in [0.1, 0.15) is 5.82 Å². The van der Waals surface area contributed by atoms with Gasteiger partial charge in [-0.2, -0.15) is 0 Å². The second kappa shape index (κ2) is 5.83. The molecule has 94 valence electrons. The number of rotatable bonds is 3. The van der Waals surface area contributed by atoms with E-state index in [1.54, 1.807) is 0 Å². The number of piperidine rings is 1. The number of aromatic nitrogens is 1. The molecule has 1 N–H and O–H groups in total. The average molecular weight is 298 g/mol. The largest absolute Gasteiger partial charge is 0.368 e. The molecule has 1 aliphatic rings. The van der Waals surface area contributed by atoms with E-state index >= 15 is 0 Å². The highest BCUT2D eigenvalue weighted by molar-refractivity contribution is 9.10. The van der Waals surface area contributed by atoms with E-state index < -0.39 is 0 Å².